The van der Waals surface area contributed by atoms with Gasteiger partial charge in [0.1, 0.15) is 0 Å². The van der Waals surface area contributed by atoms with Gasteiger partial charge in [-0.05, 0) is 112 Å². The summed E-state index contributed by atoms with van der Waals surface area (Å²) >= 11 is 0. The second kappa shape index (κ2) is 15.1. The van der Waals surface area contributed by atoms with Gasteiger partial charge in [0.2, 0.25) is 0 Å². The third kappa shape index (κ3) is 6.57. The molecule has 8 aromatic carbocycles. The molecule has 0 saturated heterocycles. The molecule has 58 heavy (non-hydrogen) atoms. The van der Waals surface area contributed by atoms with Gasteiger partial charge in [0.15, 0.2) is 0 Å². The van der Waals surface area contributed by atoms with E-state index >= 15 is 0 Å². The van der Waals surface area contributed by atoms with Crippen molar-refractivity contribution < 1.29 is 0 Å². The normalized spacial score (nSPS) is 13.6. The number of allylic oxidation sites excluding steroid dienone is 3. The first-order valence-electron chi connectivity index (χ1n) is 19.8. The van der Waals surface area contributed by atoms with Crippen molar-refractivity contribution in [1.29, 1.82) is 5.26 Å². The topological polar surface area (TPSA) is 32.0 Å². The van der Waals surface area contributed by atoms with E-state index in [9.17, 15) is 5.26 Å². The Bertz CT molecular complexity index is 2950. The van der Waals surface area contributed by atoms with Crippen molar-refractivity contribution in [2.75, 3.05) is 4.90 Å². The van der Waals surface area contributed by atoms with Crippen molar-refractivity contribution in [2.24, 2.45) is 0 Å². The van der Waals surface area contributed by atoms with E-state index in [2.05, 4.69) is 210 Å². The zero-order chi connectivity index (χ0) is 38.8. The zero-order valence-electron chi connectivity index (χ0n) is 31.9. The van der Waals surface area contributed by atoms with E-state index in [1.165, 1.54) is 49.6 Å². The van der Waals surface area contributed by atoms with Crippen LogP contribution in [0.3, 0.4) is 0 Å². The van der Waals surface area contributed by atoms with E-state index in [1.54, 1.807) is 0 Å². The molecule has 9 aromatic rings. The summed E-state index contributed by atoms with van der Waals surface area (Å²) in [5, 5.41) is 11.8. The number of fused-ring (bicyclic) bond motifs is 3. The molecule has 1 unspecified atom stereocenters. The summed E-state index contributed by atoms with van der Waals surface area (Å²) in [6, 6.07) is 73.4. The molecule has 1 aliphatic rings. The third-order valence-corrected chi connectivity index (χ3v) is 11.4. The van der Waals surface area contributed by atoms with E-state index in [4.69, 9.17) is 0 Å². The van der Waals surface area contributed by atoms with Crippen molar-refractivity contribution in [2.45, 2.75) is 12.3 Å². The second-order valence-electron chi connectivity index (χ2n) is 14.9. The lowest BCUT2D eigenvalue weighted by Gasteiger charge is -2.29. The number of hydrogen-bond acceptors (Lipinski definition) is 2. The van der Waals surface area contributed by atoms with Crippen molar-refractivity contribution in [3.8, 4) is 45.1 Å². The number of aromatic nitrogens is 1. The average molecular weight is 742 g/mol. The Labute approximate surface area is 339 Å². The molecule has 1 aliphatic carbocycles. The maximum Gasteiger partial charge on any atom is 0.0991 e. The Morgan fingerprint density at radius 2 is 0.983 bits per heavy atom. The van der Waals surface area contributed by atoms with E-state index in [0.717, 1.165) is 40.3 Å². The van der Waals surface area contributed by atoms with Crippen LogP contribution in [-0.4, -0.2) is 4.57 Å². The minimum absolute atomic E-state index is 0.261. The summed E-state index contributed by atoms with van der Waals surface area (Å²) in [7, 11) is 0. The van der Waals surface area contributed by atoms with Crippen LogP contribution in [0.2, 0.25) is 0 Å². The first kappa shape index (κ1) is 34.8. The lowest BCUT2D eigenvalue weighted by atomic mass is 9.89. The number of anilines is 2. The van der Waals surface area contributed by atoms with Gasteiger partial charge in [-0.25, -0.2) is 0 Å². The quantitative estimate of drug-likeness (QED) is 0.155. The van der Waals surface area contributed by atoms with Gasteiger partial charge in [-0.3, -0.25) is 0 Å². The van der Waals surface area contributed by atoms with Crippen LogP contribution in [-0.2, 0) is 0 Å². The van der Waals surface area contributed by atoms with Crippen molar-refractivity contribution in [3.05, 3.63) is 235 Å². The molecule has 0 bridgehead atoms. The predicted octanol–water partition coefficient (Wildman–Crippen LogP) is 14.4. The number of hydrogen-bond donors (Lipinski definition) is 0. The molecule has 0 amide bonds. The smallest absolute Gasteiger partial charge is 0.0991 e. The molecule has 1 heterocycles. The lowest BCUT2D eigenvalue weighted by Crippen LogP contribution is -2.17. The van der Waals surface area contributed by atoms with Gasteiger partial charge in [0, 0.05) is 39.4 Å². The van der Waals surface area contributed by atoms with Crippen LogP contribution < -0.4 is 4.90 Å². The van der Waals surface area contributed by atoms with Gasteiger partial charge in [-0.2, -0.15) is 5.26 Å². The Balaban J connectivity index is 0.948. The fourth-order valence-electron chi connectivity index (χ4n) is 8.40. The van der Waals surface area contributed by atoms with Crippen LogP contribution in [0.15, 0.2) is 224 Å². The molecule has 3 nitrogen and oxygen atoms in total. The molecule has 3 heteroatoms. The number of nitrogens with zero attached hydrogens (tertiary/aromatic N) is 3. The summed E-state index contributed by atoms with van der Waals surface area (Å²) in [6.45, 7) is 0. The van der Waals surface area contributed by atoms with Gasteiger partial charge in [0.25, 0.3) is 0 Å². The monoisotopic (exact) mass is 741 g/mol. The number of para-hydroxylation sites is 2. The lowest BCUT2D eigenvalue weighted by molar-refractivity contribution is 0.840. The average Bonchev–Trinajstić information content (AvgIpc) is 3.65. The van der Waals surface area contributed by atoms with E-state index in [1.807, 2.05) is 24.3 Å². The molecule has 0 radical (unpaired) electrons. The standard InChI is InChI=1S/C55H39N3/c56-38-39-17-19-44(20-18-39)46-11-8-12-47(37-46)45-27-33-50(34-28-45)57(48-29-21-41(22-30-48)40-9-2-1-3-10-40)49-31-23-42(24-32-49)43-25-35-51(36-26-43)58-54-15-6-4-13-52(54)53-14-5-7-16-55(53)58/h1-27,29-37,45H,28H2. The second-order valence-corrected chi connectivity index (χ2v) is 14.9. The van der Waals surface area contributed by atoms with Crippen LogP contribution >= 0.6 is 0 Å². The van der Waals surface area contributed by atoms with Crippen LogP contribution in [0.1, 0.15) is 23.5 Å². The molecule has 0 spiro atoms. The number of benzene rings is 8. The highest BCUT2D eigenvalue weighted by atomic mass is 15.1. The molecule has 0 aliphatic heterocycles. The minimum Gasteiger partial charge on any atom is -0.311 e. The Kier molecular flexibility index (Phi) is 9.06. The highest BCUT2D eigenvalue weighted by Crippen LogP contribution is 2.38. The van der Waals surface area contributed by atoms with Crippen LogP contribution in [0.25, 0.3) is 60.9 Å². The Morgan fingerprint density at radius 3 is 1.55 bits per heavy atom. The molecule has 10 rings (SSSR count). The highest BCUT2D eigenvalue weighted by molar-refractivity contribution is 6.09. The maximum atomic E-state index is 9.26. The van der Waals surface area contributed by atoms with Crippen molar-refractivity contribution in [3.63, 3.8) is 0 Å². The van der Waals surface area contributed by atoms with Crippen LogP contribution in [0.4, 0.5) is 11.4 Å². The fourth-order valence-corrected chi connectivity index (χ4v) is 8.40. The molecular weight excluding hydrogens is 703 g/mol. The van der Waals surface area contributed by atoms with Crippen LogP contribution in [0.5, 0.6) is 0 Å². The summed E-state index contributed by atoms with van der Waals surface area (Å²) < 4.78 is 2.36. The van der Waals surface area contributed by atoms with Gasteiger partial charge in [-0.15, -0.1) is 0 Å². The van der Waals surface area contributed by atoms with Crippen molar-refractivity contribution in [1.82, 2.24) is 4.57 Å². The van der Waals surface area contributed by atoms with E-state index in [-0.39, 0.29) is 5.92 Å². The zero-order valence-corrected chi connectivity index (χ0v) is 31.9. The fraction of sp³-hybridized carbons (Fsp3) is 0.0364. The van der Waals surface area contributed by atoms with Gasteiger partial charge < -0.3 is 9.47 Å². The minimum atomic E-state index is 0.261. The summed E-state index contributed by atoms with van der Waals surface area (Å²) in [6.07, 6.45) is 7.86. The molecule has 1 atom stereocenters. The molecular formula is C55H39N3. The van der Waals surface area contributed by atoms with E-state index < -0.39 is 0 Å². The van der Waals surface area contributed by atoms with Gasteiger partial charge in [-0.1, -0.05) is 152 Å². The Morgan fingerprint density at radius 1 is 0.483 bits per heavy atom. The Hall–Kier alpha value is -7.67. The number of nitriles is 1. The van der Waals surface area contributed by atoms with E-state index in [0.29, 0.717) is 5.56 Å². The molecule has 0 N–H and O–H groups in total. The third-order valence-electron chi connectivity index (χ3n) is 11.4. The van der Waals surface area contributed by atoms with Gasteiger partial charge >= 0.3 is 0 Å². The molecule has 0 fully saturated rings. The molecule has 1 aromatic heterocycles. The maximum absolute atomic E-state index is 9.26. The van der Waals surface area contributed by atoms with Crippen LogP contribution in [0, 0.1) is 11.3 Å². The first-order chi connectivity index (χ1) is 28.7. The summed E-state index contributed by atoms with van der Waals surface area (Å²) in [5.41, 5.74) is 15.9. The molecule has 274 valence electrons. The SMILES string of the molecule is N#Cc1ccc(-c2cccc(C3C=CC(N(c4ccc(-c5ccccc5)cc4)c4ccc(-c5ccc(-n6c7ccccc7c7ccccc76)cc5)cc4)=CC3)c2)cc1. The van der Waals surface area contributed by atoms with Crippen molar-refractivity contribution >= 4 is 33.2 Å². The first-order valence-corrected chi connectivity index (χ1v) is 19.8. The largest absolute Gasteiger partial charge is 0.311 e. The highest BCUT2D eigenvalue weighted by Gasteiger charge is 2.19. The predicted molar refractivity (Wildman–Crippen MR) is 241 cm³/mol. The number of rotatable bonds is 8. The van der Waals surface area contributed by atoms with Gasteiger partial charge in [0.05, 0.1) is 22.7 Å². The summed E-state index contributed by atoms with van der Waals surface area (Å²) in [5.74, 6) is 0.261. The molecule has 0 saturated carbocycles. The summed E-state index contributed by atoms with van der Waals surface area (Å²) in [4.78, 5) is 2.36.